The van der Waals surface area contributed by atoms with Gasteiger partial charge in [0.15, 0.2) is 0 Å². The fourth-order valence-corrected chi connectivity index (χ4v) is 4.87. The van der Waals surface area contributed by atoms with Crippen molar-refractivity contribution in [3.63, 3.8) is 0 Å². The molecule has 0 radical (unpaired) electrons. The third kappa shape index (κ3) is 3.94. The lowest BCUT2D eigenvalue weighted by molar-refractivity contribution is -0.00627. The van der Waals surface area contributed by atoms with Gasteiger partial charge < -0.3 is 19.2 Å². The molecule has 0 aromatic carbocycles. The Hall–Kier alpha value is -3.07. The highest BCUT2D eigenvalue weighted by molar-refractivity contribution is 6.05. The standard InChI is InChI=1S/C24H26F2N4O3/c1-14(2)33-17-9-20-28-18(24-8-7-23(3,12-24)32-13-24)11-30(20)10-15(17)22(31)29-19-6-4-5-16(27-19)21(25)26/h4-6,9-11,14,21H,7-8,12-13H2,1-3H3,(H,27,29,31)/t23-,24-/m0/s1. The molecule has 1 N–H and O–H groups in total. The highest BCUT2D eigenvalue weighted by Gasteiger charge is 2.55. The third-order valence-electron chi connectivity index (χ3n) is 6.48. The summed E-state index contributed by atoms with van der Waals surface area (Å²) in [7, 11) is 0. The number of amides is 1. The molecule has 0 unspecified atom stereocenters. The monoisotopic (exact) mass is 456 g/mol. The number of imidazole rings is 1. The fourth-order valence-electron chi connectivity index (χ4n) is 4.87. The number of fused-ring (bicyclic) bond motifs is 3. The Balaban J connectivity index is 1.50. The molecule has 2 aliphatic rings. The van der Waals surface area contributed by atoms with Crippen molar-refractivity contribution in [3.05, 3.63) is 53.6 Å². The maximum absolute atomic E-state index is 13.1. The first-order valence-electron chi connectivity index (χ1n) is 11.1. The number of carbonyl (C=O) groups is 1. The minimum absolute atomic E-state index is 0.0481. The van der Waals surface area contributed by atoms with Gasteiger partial charge in [0.1, 0.15) is 22.9 Å². The molecule has 2 atom stereocenters. The number of carbonyl (C=O) groups excluding carboxylic acids is 1. The molecular weight excluding hydrogens is 430 g/mol. The van der Waals surface area contributed by atoms with E-state index >= 15 is 0 Å². The van der Waals surface area contributed by atoms with Gasteiger partial charge in [-0.2, -0.15) is 0 Å². The van der Waals surface area contributed by atoms with E-state index in [1.54, 1.807) is 12.3 Å². The number of alkyl halides is 2. The molecular formula is C24H26F2N4O3. The van der Waals surface area contributed by atoms with Gasteiger partial charge in [-0.1, -0.05) is 6.07 Å². The SMILES string of the molecule is CC(C)Oc1cc2nc([C@@]34CC[C@@](C)(C3)OC4)cn2cc1C(=O)Nc1cccc(C(F)F)n1. The molecule has 1 saturated heterocycles. The summed E-state index contributed by atoms with van der Waals surface area (Å²) < 4.78 is 39.7. The highest BCUT2D eigenvalue weighted by Crippen LogP contribution is 2.53. The summed E-state index contributed by atoms with van der Waals surface area (Å²) >= 11 is 0. The maximum atomic E-state index is 13.1. The van der Waals surface area contributed by atoms with Crippen LogP contribution in [0.15, 0.2) is 36.7 Å². The summed E-state index contributed by atoms with van der Waals surface area (Å²) in [4.78, 5) is 21.8. The Labute approximate surface area is 190 Å². The summed E-state index contributed by atoms with van der Waals surface area (Å²) in [5.74, 6) is -0.0851. The lowest BCUT2D eigenvalue weighted by atomic mass is 9.84. The zero-order chi connectivity index (χ0) is 23.4. The molecule has 174 valence electrons. The number of rotatable bonds is 6. The molecule has 4 heterocycles. The number of hydrogen-bond donors (Lipinski definition) is 1. The van der Waals surface area contributed by atoms with E-state index in [-0.39, 0.29) is 28.5 Å². The van der Waals surface area contributed by atoms with Gasteiger partial charge in [0.2, 0.25) is 0 Å². The molecule has 2 bridgehead atoms. The van der Waals surface area contributed by atoms with Crippen LogP contribution in [0, 0.1) is 0 Å². The van der Waals surface area contributed by atoms with Gasteiger partial charge in [-0.15, -0.1) is 0 Å². The van der Waals surface area contributed by atoms with Crippen LogP contribution in [0.2, 0.25) is 0 Å². The quantitative estimate of drug-likeness (QED) is 0.570. The van der Waals surface area contributed by atoms with E-state index in [0.717, 1.165) is 25.0 Å². The number of halogens is 2. The lowest BCUT2D eigenvalue weighted by Crippen LogP contribution is -2.26. The summed E-state index contributed by atoms with van der Waals surface area (Å²) in [5.41, 5.74) is 1.28. The zero-order valence-corrected chi connectivity index (χ0v) is 18.8. The van der Waals surface area contributed by atoms with Gasteiger partial charge in [-0.3, -0.25) is 4.79 Å². The molecule has 1 amide bonds. The van der Waals surface area contributed by atoms with Crippen LogP contribution in [0.3, 0.4) is 0 Å². The van der Waals surface area contributed by atoms with Crippen LogP contribution in [0.25, 0.3) is 5.65 Å². The summed E-state index contributed by atoms with van der Waals surface area (Å²) in [6, 6.07) is 5.85. The van der Waals surface area contributed by atoms with Crippen LogP contribution in [-0.4, -0.2) is 38.6 Å². The lowest BCUT2D eigenvalue weighted by Gasteiger charge is -2.24. The van der Waals surface area contributed by atoms with Crippen LogP contribution in [0.4, 0.5) is 14.6 Å². The fraction of sp³-hybridized carbons (Fsp3) is 0.458. The number of aromatic nitrogens is 3. The van der Waals surface area contributed by atoms with Gasteiger partial charge in [0.05, 0.1) is 29.6 Å². The van der Waals surface area contributed by atoms with Crippen molar-refractivity contribution in [3.8, 4) is 5.75 Å². The van der Waals surface area contributed by atoms with Crippen molar-refractivity contribution in [2.24, 2.45) is 0 Å². The number of hydrogen-bond acceptors (Lipinski definition) is 5. The van der Waals surface area contributed by atoms with Gasteiger partial charge in [-0.05, 0) is 52.2 Å². The van der Waals surface area contributed by atoms with Crippen molar-refractivity contribution < 1.29 is 23.0 Å². The van der Waals surface area contributed by atoms with Crippen LogP contribution in [0.5, 0.6) is 5.75 Å². The molecule has 33 heavy (non-hydrogen) atoms. The Bertz CT molecular complexity index is 1220. The molecule has 3 aromatic heterocycles. The van der Waals surface area contributed by atoms with E-state index in [2.05, 4.69) is 17.2 Å². The van der Waals surface area contributed by atoms with Gasteiger partial charge in [-0.25, -0.2) is 18.7 Å². The second-order valence-corrected chi connectivity index (χ2v) is 9.51. The molecule has 7 nitrogen and oxygen atoms in total. The topological polar surface area (TPSA) is 77.8 Å². The van der Waals surface area contributed by atoms with Gasteiger partial charge in [0, 0.05) is 23.9 Å². The highest BCUT2D eigenvalue weighted by atomic mass is 19.3. The maximum Gasteiger partial charge on any atom is 0.280 e. The normalized spacial score (nSPS) is 24.2. The van der Waals surface area contributed by atoms with Crippen LogP contribution >= 0.6 is 0 Å². The van der Waals surface area contributed by atoms with E-state index in [4.69, 9.17) is 14.5 Å². The Morgan fingerprint density at radius 1 is 1.24 bits per heavy atom. The predicted molar refractivity (Wildman–Crippen MR) is 118 cm³/mol. The number of ether oxygens (including phenoxy) is 2. The average molecular weight is 456 g/mol. The molecule has 1 aliphatic carbocycles. The summed E-state index contributed by atoms with van der Waals surface area (Å²) in [6.45, 7) is 6.52. The molecule has 9 heteroatoms. The number of nitrogens with one attached hydrogen (secondary N) is 1. The first-order chi connectivity index (χ1) is 15.7. The van der Waals surface area contributed by atoms with Crippen molar-refractivity contribution in [1.29, 1.82) is 0 Å². The van der Waals surface area contributed by atoms with Crippen LogP contribution in [-0.2, 0) is 10.2 Å². The summed E-state index contributed by atoms with van der Waals surface area (Å²) in [5, 5.41) is 2.61. The third-order valence-corrected chi connectivity index (χ3v) is 6.48. The second kappa shape index (κ2) is 7.76. The molecule has 2 fully saturated rings. The van der Waals surface area contributed by atoms with Crippen molar-refractivity contribution in [2.75, 3.05) is 11.9 Å². The largest absolute Gasteiger partial charge is 0.490 e. The van der Waals surface area contributed by atoms with Crippen molar-refractivity contribution >= 4 is 17.4 Å². The smallest absolute Gasteiger partial charge is 0.280 e. The van der Waals surface area contributed by atoms with E-state index in [1.807, 2.05) is 24.4 Å². The van der Waals surface area contributed by atoms with Gasteiger partial charge >= 0.3 is 0 Å². The summed E-state index contributed by atoms with van der Waals surface area (Å²) in [6.07, 6.45) is 3.66. The molecule has 1 saturated carbocycles. The number of nitrogens with zero attached hydrogens (tertiary/aromatic N) is 3. The Morgan fingerprint density at radius 3 is 2.70 bits per heavy atom. The number of pyridine rings is 2. The average Bonchev–Trinajstić information content (AvgIpc) is 3.43. The molecule has 1 aliphatic heterocycles. The van der Waals surface area contributed by atoms with Gasteiger partial charge in [0.25, 0.3) is 12.3 Å². The zero-order valence-electron chi connectivity index (χ0n) is 18.8. The first kappa shape index (κ1) is 21.8. The van der Waals surface area contributed by atoms with Crippen LogP contribution in [0.1, 0.15) is 68.2 Å². The van der Waals surface area contributed by atoms with Crippen LogP contribution < -0.4 is 10.1 Å². The van der Waals surface area contributed by atoms with Crippen molar-refractivity contribution in [2.45, 2.75) is 63.6 Å². The minimum Gasteiger partial charge on any atom is -0.490 e. The first-order valence-corrected chi connectivity index (χ1v) is 11.1. The van der Waals surface area contributed by atoms with E-state index in [0.29, 0.717) is 18.0 Å². The number of anilines is 1. The van der Waals surface area contributed by atoms with E-state index in [9.17, 15) is 13.6 Å². The predicted octanol–water partition coefficient (Wildman–Crippen LogP) is 4.92. The molecule has 5 rings (SSSR count). The van der Waals surface area contributed by atoms with E-state index < -0.39 is 18.0 Å². The minimum atomic E-state index is -2.72. The van der Waals surface area contributed by atoms with E-state index in [1.165, 1.54) is 18.2 Å². The molecule has 3 aromatic rings. The molecule has 0 spiro atoms. The Morgan fingerprint density at radius 2 is 2.06 bits per heavy atom. The second-order valence-electron chi connectivity index (χ2n) is 9.51. The Kier molecular flexibility index (Phi) is 5.12. The van der Waals surface area contributed by atoms with Crippen molar-refractivity contribution in [1.82, 2.24) is 14.4 Å².